The highest BCUT2D eigenvalue weighted by atomic mass is 79.9. The Kier molecular flexibility index (Phi) is 3.92. The van der Waals surface area contributed by atoms with Gasteiger partial charge in [0.15, 0.2) is 10.0 Å². The van der Waals surface area contributed by atoms with Crippen molar-refractivity contribution in [3.63, 3.8) is 0 Å². The summed E-state index contributed by atoms with van der Waals surface area (Å²) in [6, 6.07) is 8.12. The molecule has 29 heavy (non-hydrogen) atoms. The number of ether oxygens (including phenoxy) is 2. The van der Waals surface area contributed by atoms with E-state index >= 15 is 0 Å². The standard InChI is InChI=1S/C22H23BrClNO3S/c1-6-27-20(26)18(28-22(3,4)5)16-12(2)11-15-19(29-21(23)25-15)17(16)13-7-9-14(24)10-8-13/h7-11,18H,6H2,1-5H3/t18-/m0/s1/i3D3,4D3,5D3. The Morgan fingerprint density at radius 1 is 1.34 bits per heavy atom. The van der Waals surface area contributed by atoms with Crippen LogP contribution in [0.3, 0.4) is 0 Å². The van der Waals surface area contributed by atoms with E-state index in [9.17, 15) is 4.79 Å². The molecule has 0 spiro atoms. The van der Waals surface area contributed by atoms with Crippen molar-refractivity contribution >= 4 is 55.1 Å². The van der Waals surface area contributed by atoms with E-state index in [0.717, 1.165) is 0 Å². The number of aromatic nitrogens is 1. The highest BCUT2D eigenvalue weighted by Crippen LogP contribution is 2.43. The Balaban J connectivity index is 2.47. The summed E-state index contributed by atoms with van der Waals surface area (Å²) in [5.41, 5.74) is -1.88. The number of carbonyl (C=O) groups is 1. The number of benzene rings is 2. The predicted octanol–water partition coefficient (Wildman–Crippen LogP) is 7.11. The topological polar surface area (TPSA) is 48.4 Å². The van der Waals surface area contributed by atoms with Gasteiger partial charge in [0.05, 0.1) is 22.4 Å². The van der Waals surface area contributed by atoms with Crippen LogP contribution in [0.25, 0.3) is 21.3 Å². The van der Waals surface area contributed by atoms with Crippen LogP contribution in [0.1, 0.15) is 57.0 Å². The number of esters is 1. The third-order valence-electron chi connectivity index (χ3n) is 4.09. The molecule has 7 heteroatoms. The van der Waals surface area contributed by atoms with Crippen LogP contribution < -0.4 is 0 Å². The van der Waals surface area contributed by atoms with Gasteiger partial charge in [-0.15, -0.1) is 11.3 Å². The summed E-state index contributed by atoms with van der Waals surface area (Å²) in [4.78, 5) is 17.8. The maximum atomic E-state index is 13.4. The fourth-order valence-electron chi connectivity index (χ4n) is 3.04. The third kappa shape index (κ3) is 5.00. The van der Waals surface area contributed by atoms with E-state index in [0.29, 0.717) is 35.8 Å². The van der Waals surface area contributed by atoms with Gasteiger partial charge in [0.25, 0.3) is 0 Å². The second-order valence-electron chi connectivity index (χ2n) is 6.24. The van der Waals surface area contributed by atoms with Crippen LogP contribution in [0.2, 0.25) is 5.02 Å². The Morgan fingerprint density at radius 2 is 2.03 bits per heavy atom. The average molecular weight is 506 g/mol. The number of rotatable bonds is 5. The molecule has 0 saturated heterocycles. The van der Waals surface area contributed by atoms with Crippen LogP contribution in [0.4, 0.5) is 0 Å². The van der Waals surface area contributed by atoms with Gasteiger partial charge >= 0.3 is 5.97 Å². The van der Waals surface area contributed by atoms with Crippen molar-refractivity contribution < 1.29 is 26.6 Å². The molecular formula is C22H23BrClNO3S. The number of halogens is 2. The van der Waals surface area contributed by atoms with E-state index in [4.69, 9.17) is 33.4 Å². The van der Waals surface area contributed by atoms with E-state index in [1.54, 1.807) is 37.3 Å². The average Bonchev–Trinajstić information content (AvgIpc) is 3.11. The second kappa shape index (κ2) is 8.72. The molecule has 0 fully saturated rings. The minimum atomic E-state index is -3.72. The monoisotopic (exact) mass is 504 g/mol. The van der Waals surface area contributed by atoms with Crippen molar-refractivity contribution in [1.29, 1.82) is 0 Å². The molecule has 0 saturated carbocycles. The number of hydrogen-bond acceptors (Lipinski definition) is 5. The molecule has 0 aliphatic rings. The van der Waals surface area contributed by atoms with E-state index < -0.39 is 38.2 Å². The summed E-state index contributed by atoms with van der Waals surface area (Å²) in [6.45, 7) is -8.15. The van der Waals surface area contributed by atoms with E-state index in [2.05, 4.69) is 20.9 Å². The molecule has 3 aromatic rings. The zero-order valence-corrected chi connectivity index (χ0v) is 18.7. The van der Waals surface area contributed by atoms with Crippen molar-refractivity contribution in [2.45, 2.75) is 46.1 Å². The lowest BCUT2D eigenvalue weighted by Gasteiger charge is -2.29. The highest BCUT2D eigenvalue weighted by molar-refractivity contribution is 9.11. The second-order valence-corrected chi connectivity index (χ2v) is 8.95. The molecule has 0 amide bonds. The zero-order chi connectivity index (χ0) is 28.8. The van der Waals surface area contributed by atoms with Crippen LogP contribution in [0.15, 0.2) is 34.2 Å². The third-order valence-corrected chi connectivity index (χ3v) is 5.88. The van der Waals surface area contributed by atoms with Gasteiger partial charge in [-0.05, 0) is 79.7 Å². The van der Waals surface area contributed by atoms with Crippen LogP contribution in [-0.4, -0.2) is 23.2 Å². The smallest absolute Gasteiger partial charge is 0.339 e. The van der Waals surface area contributed by atoms with Crippen LogP contribution in [0, 0.1) is 6.92 Å². The molecule has 0 bridgehead atoms. The largest absolute Gasteiger partial charge is 0.464 e. The van der Waals surface area contributed by atoms with Gasteiger partial charge in [-0.3, -0.25) is 0 Å². The predicted molar refractivity (Wildman–Crippen MR) is 123 cm³/mol. The van der Waals surface area contributed by atoms with Crippen molar-refractivity contribution in [2.75, 3.05) is 6.61 Å². The summed E-state index contributed by atoms with van der Waals surface area (Å²) in [5.74, 6) is -1.14. The molecule has 1 heterocycles. The van der Waals surface area contributed by atoms with Gasteiger partial charge in [0.2, 0.25) is 0 Å². The summed E-state index contributed by atoms with van der Waals surface area (Å²) < 4.78 is 83.7. The lowest BCUT2D eigenvalue weighted by molar-refractivity contribution is -0.166. The minimum Gasteiger partial charge on any atom is -0.464 e. The number of fused-ring (bicyclic) bond motifs is 1. The lowest BCUT2D eigenvalue weighted by Crippen LogP contribution is -2.29. The van der Waals surface area contributed by atoms with Crippen LogP contribution in [0.5, 0.6) is 0 Å². The van der Waals surface area contributed by atoms with Gasteiger partial charge in [-0.25, -0.2) is 9.78 Å². The first-order chi connectivity index (χ1) is 17.4. The Hall–Kier alpha value is -1.47. The van der Waals surface area contributed by atoms with E-state index in [1.807, 2.05) is 0 Å². The first-order valence-electron chi connectivity index (χ1n) is 13.1. The summed E-state index contributed by atoms with van der Waals surface area (Å²) in [5, 5.41) is 0.425. The van der Waals surface area contributed by atoms with Gasteiger partial charge in [0.1, 0.15) is 0 Å². The van der Waals surface area contributed by atoms with Gasteiger partial charge in [-0.2, -0.15) is 0 Å². The molecule has 4 nitrogen and oxygen atoms in total. The maximum Gasteiger partial charge on any atom is 0.339 e. The molecular weight excluding hydrogens is 474 g/mol. The summed E-state index contributed by atoms with van der Waals surface area (Å²) in [7, 11) is 0. The van der Waals surface area contributed by atoms with Crippen LogP contribution >= 0.6 is 38.9 Å². The molecule has 0 aliphatic heterocycles. The molecule has 1 atom stereocenters. The van der Waals surface area contributed by atoms with Crippen molar-refractivity contribution in [3.8, 4) is 11.1 Å². The highest BCUT2D eigenvalue weighted by Gasteiger charge is 2.33. The quantitative estimate of drug-likeness (QED) is 0.347. The molecule has 0 N–H and O–H groups in total. The molecule has 3 rings (SSSR count). The van der Waals surface area contributed by atoms with E-state index in [-0.39, 0.29) is 12.2 Å². The zero-order valence-electron chi connectivity index (χ0n) is 24.5. The minimum absolute atomic E-state index is 0.0524. The molecule has 0 unspecified atom stereocenters. The summed E-state index contributed by atoms with van der Waals surface area (Å²) in [6.07, 6.45) is -2.04. The van der Waals surface area contributed by atoms with Gasteiger partial charge < -0.3 is 9.47 Å². The SMILES string of the molecule is [2H]C([2H])([2H])C(O[C@H](C(=O)OCC)c1c(C)cc2nc(Br)sc2c1-c1ccc(Cl)cc1)(C([2H])([2H])[2H])C([2H])([2H])[2H]. The first kappa shape index (κ1) is 13.1. The van der Waals surface area contributed by atoms with E-state index in [1.165, 1.54) is 18.3 Å². The lowest BCUT2D eigenvalue weighted by atomic mass is 9.91. The normalized spacial score (nSPS) is 18.8. The van der Waals surface area contributed by atoms with Crippen molar-refractivity contribution in [1.82, 2.24) is 4.98 Å². The number of carbonyl (C=O) groups excluding carboxylic acids is 1. The Bertz CT molecular complexity index is 1300. The number of hydrogen-bond donors (Lipinski definition) is 0. The fourth-order valence-corrected chi connectivity index (χ4v) is 4.70. The number of aryl methyl sites for hydroxylation is 1. The molecule has 2 aromatic carbocycles. The van der Waals surface area contributed by atoms with Crippen molar-refractivity contribution in [2.24, 2.45) is 0 Å². The Labute approximate surface area is 201 Å². The fraction of sp³-hybridized carbons (Fsp3) is 0.364. The van der Waals surface area contributed by atoms with Gasteiger partial charge in [-0.1, -0.05) is 23.7 Å². The van der Waals surface area contributed by atoms with Crippen molar-refractivity contribution in [3.05, 3.63) is 50.4 Å². The number of thiazole rings is 1. The Morgan fingerprint density at radius 3 is 2.66 bits per heavy atom. The van der Waals surface area contributed by atoms with Gasteiger partial charge in [0, 0.05) is 28.5 Å². The van der Waals surface area contributed by atoms with Crippen LogP contribution in [-0.2, 0) is 14.3 Å². The first-order valence-corrected chi connectivity index (χ1v) is 10.5. The maximum absolute atomic E-state index is 13.4. The number of nitrogens with zero attached hydrogens (tertiary/aromatic N) is 1. The molecule has 0 radical (unpaired) electrons. The summed E-state index contributed by atoms with van der Waals surface area (Å²) >= 11 is 10.6. The molecule has 154 valence electrons. The molecule has 0 aliphatic carbocycles. The molecule has 1 aromatic heterocycles.